The topological polar surface area (TPSA) is 59.9 Å². The van der Waals surface area contributed by atoms with Crippen molar-refractivity contribution >= 4 is 23.2 Å². The number of methoxy groups -OCH3 is 1. The van der Waals surface area contributed by atoms with Crippen molar-refractivity contribution in [3.05, 3.63) is 34.9 Å². The average molecular weight is 283 g/mol. The summed E-state index contributed by atoms with van der Waals surface area (Å²) in [4.78, 5) is 16.9. The first-order valence-electron chi connectivity index (χ1n) is 5.96. The predicted octanol–water partition coefficient (Wildman–Crippen LogP) is 1.60. The van der Waals surface area contributed by atoms with Crippen molar-refractivity contribution in [2.75, 3.05) is 20.3 Å². The van der Waals surface area contributed by atoms with Gasteiger partial charge in [-0.2, -0.15) is 0 Å². The molecule has 1 amide bonds. The van der Waals surface area contributed by atoms with E-state index in [0.29, 0.717) is 24.6 Å². The first-order chi connectivity index (χ1) is 9.20. The smallest absolute Gasteiger partial charge is 0.264 e. The van der Waals surface area contributed by atoms with Gasteiger partial charge >= 0.3 is 0 Å². The van der Waals surface area contributed by atoms with Gasteiger partial charge < -0.3 is 14.9 Å². The number of oxime groups is 1. The van der Waals surface area contributed by atoms with Crippen LogP contribution in [0.3, 0.4) is 0 Å². The van der Waals surface area contributed by atoms with Gasteiger partial charge in [0, 0.05) is 25.1 Å². The van der Waals surface area contributed by atoms with Gasteiger partial charge in [-0.25, -0.2) is 0 Å². The van der Waals surface area contributed by atoms with Gasteiger partial charge in [0.05, 0.1) is 12.3 Å². The Morgan fingerprint density at radius 1 is 1.53 bits per heavy atom. The maximum Gasteiger partial charge on any atom is 0.264 e. The molecule has 0 aromatic heterocycles. The van der Waals surface area contributed by atoms with Gasteiger partial charge in [-0.3, -0.25) is 4.79 Å². The van der Waals surface area contributed by atoms with Crippen molar-refractivity contribution in [2.24, 2.45) is 5.16 Å². The summed E-state index contributed by atoms with van der Waals surface area (Å²) in [5.74, 6) is -0.176. The molecular weight excluding hydrogens is 268 g/mol. The number of hydrogen-bond acceptors (Lipinski definition) is 4. The molecule has 1 aliphatic heterocycles. The van der Waals surface area contributed by atoms with Gasteiger partial charge in [0.15, 0.2) is 0 Å². The van der Waals surface area contributed by atoms with E-state index in [-0.39, 0.29) is 5.91 Å². The molecule has 1 aromatic carbocycles. The van der Waals surface area contributed by atoms with Crippen molar-refractivity contribution in [1.29, 1.82) is 0 Å². The number of halogens is 1. The molecule has 5 nitrogen and oxygen atoms in total. The minimum atomic E-state index is -0.567. The second-order valence-electron chi connectivity index (χ2n) is 4.13. The van der Waals surface area contributed by atoms with Gasteiger partial charge in [0.25, 0.3) is 5.91 Å². The first kappa shape index (κ1) is 13.8. The summed E-state index contributed by atoms with van der Waals surface area (Å²) >= 11 is 5.82. The molecule has 1 aliphatic rings. The van der Waals surface area contributed by atoms with Crippen LogP contribution in [0, 0.1) is 0 Å². The van der Waals surface area contributed by atoms with Crippen molar-refractivity contribution in [2.45, 2.75) is 12.5 Å². The maximum atomic E-state index is 11.8. The lowest BCUT2D eigenvalue weighted by Crippen LogP contribution is -2.36. The molecule has 0 aliphatic carbocycles. The number of nitrogens with one attached hydrogen (secondary N) is 1. The highest BCUT2D eigenvalue weighted by atomic mass is 35.5. The third-order valence-electron chi connectivity index (χ3n) is 2.74. The van der Waals surface area contributed by atoms with Crippen LogP contribution in [0.2, 0.25) is 5.02 Å². The van der Waals surface area contributed by atoms with Crippen LogP contribution < -0.4 is 5.32 Å². The summed E-state index contributed by atoms with van der Waals surface area (Å²) in [5.41, 5.74) is 1.67. The zero-order valence-corrected chi connectivity index (χ0v) is 11.3. The van der Waals surface area contributed by atoms with E-state index in [1.165, 1.54) is 0 Å². The number of amides is 1. The van der Waals surface area contributed by atoms with Crippen LogP contribution in [0.4, 0.5) is 0 Å². The Kier molecular flexibility index (Phi) is 4.76. The van der Waals surface area contributed by atoms with E-state index in [2.05, 4.69) is 10.5 Å². The van der Waals surface area contributed by atoms with Crippen LogP contribution in [0.1, 0.15) is 12.0 Å². The Morgan fingerprint density at radius 3 is 2.95 bits per heavy atom. The van der Waals surface area contributed by atoms with E-state index in [4.69, 9.17) is 21.2 Å². The van der Waals surface area contributed by atoms with Gasteiger partial charge in [-0.05, 0) is 17.7 Å². The molecule has 0 bridgehead atoms. The van der Waals surface area contributed by atoms with Crippen LogP contribution in [-0.4, -0.2) is 38.0 Å². The molecule has 1 heterocycles. The molecule has 0 saturated carbocycles. The summed E-state index contributed by atoms with van der Waals surface area (Å²) in [6.07, 6.45) is -0.108. The number of benzene rings is 1. The molecule has 0 spiro atoms. The molecule has 1 unspecified atom stereocenters. The summed E-state index contributed by atoms with van der Waals surface area (Å²) in [7, 11) is 1.58. The number of carbonyl (C=O) groups is 1. The normalized spacial score (nSPS) is 17.8. The Morgan fingerprint density at radius 2 is 2.26 bits per heavy atom. The molecule has 0 radical (unpaired) electrons. The lowest BCUT2D eigenvalue weighted by Gasteiger charge is -2.08. The standard InChI is InChI=1S/C13H15ClN2O3/c1-18-7-6-15-13(17)12-8-11(16-19-12)9-2-4-10(14)5-3-9/h2-5,12H,6-8H2,1H3,(H,15,17). The van der Waals surface area contributed by atoms with Crippen LogP contribution >= 0.6 is 11.6 Å². The molecule has 1 atom stereocenters. The third kappa shape index (κ3) is 3.68. The zero-order valence-electron chi connectivity index (χ0n) is 10.6. The monoisotopic (exact) mass is 282 g/mol. The highest BCUT2D eigenvalue weighted by Crippen LogP contribution is 2.18. The molecule has 1 N–H and O–H groups in total. The van der Waals surface area contributed by atoms with Gasteiger partial charge in [-0.1, -0.05) is 28.9 Å². The molecule has 102 valence electrons. The number of ether oxygens (including phenoxy) is 1. The SMILES string of the molecule is COCCNC(=O)C1CC(c2ccc(Cl)cc2)=NO1. The summed E-state index contributed by atoms with van der Waals surface area (Å²) in [5, 5.41) is 7.34. The number of nitrogens with zero attached hydrogens (tertiary/aromatic N) is 1. The zero-order chi connectivity index (χ0) is 13.7. The molecular formula is C13H15ClN2O3. The first-order valence-corrected chi connectivity index (χ1v) is 6.34. The Hall–Kier alpha value is -1.59. The summed E-state index contributed by atoms with van der Waals surface area (Å²) in [6.45, 7) is 0.939. The fourth-order valence-corrected chi connectivity index (χ4v) is 1.85. The van der Waals surface area contributed by atoms with E-state index < -0.39 is 6.10 Å². The molecule has 19 heavy (non-hydrogen) atoms. The van der Waals surface area contributed by atoms with E-state index in [0.717, 1.165) is 11.3 Å². The molecule has 0 saturated heterocycles. The fourth-order valence-electron chi connectivity index (χ4n) is 1.72. The lowest BCUT2D eigenvalue weighted by molar-refractivity contribution is -0.131. The van der Waals surface area contributed by atoms with E-state index in [1.54, 1.807) is 19.2 Å². The minimum absolute atomic E-state index is 0.176. The number of hydrogen-bond donors (Lipinski definition) is 1. The third-order valence-corrected chi connectivity index (χ3v) is 3.00. The van der Waals surface area contributed by atoms with Gasteiger partial charge in [0.1, 0.15) is 0 Å². The Labute approximate surface area is 116 Å². The van der Waals surface area contributed by atoms with E-state index in [9.17, 15) is 4.79 Å². The van der Waals surface area contributed by atoms with Crippen LogP contribution in [0.5, 0.6) is 0 Å². The second kappa shape index (κ2) is 6.54. The average Bonchev–Trinajstić information content (AvgIpc) is 2.89. The summed E-state index contributed by atoms with van der Waals surface area (Å²) in [6, 6.07) is 7.28. The Bertz CT molecular complexity index is 473. The van der Waals surface area contributed by atoms with Gasteiger partial charge in [0.2, 0.25) is 6.10 Å². The predicted molar refractivity (Wildman–Crippen MR) is 72.4 cm³/mol. The summed E-state index contributed by atoms with van der Waals surface area (Å²) < 4.78 is 4.86. The number of rotatable bonds is 5. The fraction of sp³-hybridized carbons (Fsp3) is 0.385. The molecule has 0 fully saturated rings. The van der Waals surface area contributed by atoms with Crippen LogP contribution in [0.15, 0.2) is 29.4 Å². The molecule has 1 aromatic rings. The minimum Gasteiger partial charge on any atom is -0.383 e. The Balaban J connectivity index is 1.88. The van der Waals surface area contributed by atoms with Crippen molar-refractivity contribution in [1.82, 2.24) is 5.32 Å². The van der Waals surface area contributed by atoms with E-state index in [1.807, 2.05) is 12.1 Å². The quantitative estimate of drug-likeness (QED) is 0.835. The lowest BCUT2D eigenvalue weighted by atomic mass is 10.0. The van der Waals surface area contributed by atoms with Crippen molar-refractivity contribution in [3.63, 3.8) is 0 Å². The molecule has 2 rings (SSSR count). The maximum absolute atomic E-state index is 11.8. The van der Waals surface area contributed by atoms with Gasteiger partial charge in [-0.15, -0.1) is 0 Å². The van der Waals surface area contributed by atoms with E-state index >= 15 is 0 Å². The number of carbonyl (C=O) groups excluding carboxylic acids is 1. The van der Waals surface area contributed by atoms with Crippen molar-refractivity contribution < 1.29 is 14.4 Å². The highest BCUT2D eigenvalue weighted by molar-refractivity contribution is 6.30. The highest BCUT2D eigenvalue weighted by Gasteiger charge is 2.28. The van der Waals surface area contributed by atoms with Crippen molar-refractivity contribution in [3.8, 4) is 0 Å². The molecule has 6 heteroatoms. The largest absolute Gasteiger partial charge is 0.383 e. The second-order valence-corrected chi connectivity index (χ2v) is 4.56. The van der Waals surface area contributed by atoms with Crippen LogP contribution in [0.25, 0.3) is 0 Å². The van der Waals surface area contributed by atoms with Crippen LogP contribution in [-0.2, 0) is 14.4 Å².